The van der Waals surface area contributed by atoms with Crippen molar-refractivity contribution < 1.29 is 19.5 Å². The standard InChI is InChI=1S/C12H14BrN3O4/c13-8-3-1-7(2-4-8)6-15-12(20)16-9(11(18)19)5-10(14)17/h1-4,9H,5-6H2,(H2,14,17)(H,18,19)(H2,15,16,20)/t9-/m0/s1. The first-order valence-electron chi connectivity index (χ1n) is 5.68. The molecule has 0 saturated carbocycles. The van der Waals surface area contributed by atoms with E-state index in [1.807, 2.05) is 24.3 Å². The number of halogens is 1. The summed E-state index contributed by atoms with van der Waals surface area (Å²) >= 11 is 3.29. The smallest absolute Gasteiger partial charge is 0.326 e. The molecule has 8 heteroatoms. The van der Waals surface area contributed by atoms with Crippen LogP contribution < -0.4 is 16.4 Å². The van der Waals surface area contributed by atoms with Crippen LogP contribution in [0.4, 0.5) is 4.79 Å². The third-order valence-electron chi connectivity index (χ3n) is 2.38. The molecule has 0 heterocycles. The number of carboxylic acids is 1. The number of aliphatic carboxylic acids is 1. The molecule has 0 saturated heterocycles. The summed E-state index contributed by atoms with van der Waals surface area (Å²) in [6.45, 7) is 0.238. The van der Waals surface area contributed by atoms with Crippen molar-refractivity contribution in [1.82, 2.24) is 10.6 Å². The van der Waals surface area contributed by atoms with Gasteiger partial charge in [0.05, 0.1) is 6.42 Å². The Kier molecular flexibility index (Phi) is 5.98. The van der Waals surface area contributed by atoms with Crippen LogP contribution in [-0.4, -0.2) is 29.1 Å². The molecule has 0 fully saturated rings. The van der Waals surface area contributed by atoms with Gasteiger partial charge in [0.15, 0.2) is 0 Å². The minimum Gasteiger partial charge on any atom is -0.480 e. The molecule has 7 nitrogen and oxygen atoms in total. The van der Waals surface area contributed by atoms with Crippen LogP contribution in [0.2, 0.25) is 0 Å². The van der Waals surface area contributed by atoms with Crippen LogP contribution in [0.3, 0.4) is 0 Å². The molecule has 0 aliphatic rings. The molecule has 0 unspecified atom stereocenters. The fourth-order valence-electron chi connectivity index (χ4n) is 1.40. The molecule has 108 valence electrons. The fraction of sp³-hybridized carbons (Fsp3) is 0.250. The Labute approximate surface area is 123 Å². The summed E-state index contributed by atoms with van der Waals surface area (Å²) in [6, 6.07) is 5.24. The summed E-state index contributed by atoms with van der Waals surface area (Å²) in [5.41, 5.74) is 5.76. The van der Waals surface area contributed by atoms with Crippen molar-refractivity contribution in [2.75, 3.05) is 0 Å². The van der Waals surface area contributed by atoms with Gasteiger partial charge in [-0.3, -0.25) is 4.79 Å². The number of carboxylic acid groups (broad SMARTS) is 1. The summed E-state index contributed by atoms with van der Waals surface area (Å²) in [7, 11) is 0. The molecule has 1 aromatic carbocycles. The van der Waals surface area contributed by atoms with Crippen LogP contribution in [0.25, 0.3) is 0 Å². The Bertz CT molecular complexity index is 504. The number of amides is 3. The Morgan fingerprint density at radius 3 is 2.35 bits per heavy atom. The molecule has 1 aromatic rings. The van der Waals surface area contributed by atoms with Gasteiger partial charge in [-0.1, -0.05) is 28.1 Å². The fourth-order valence-corrected chi connectivity index (χ4v) is 1.66. The van der Waals surface area contributed by atoms with Crippen molar-refractivity contribution >= 4 is 33.8 Å². The second kappa shape index (κ2) is 7.49. The van der Waals surface area contributed by atoms with E-state index in [2.05, 4.69) is 26.6 Å². The van der Waals surface area contributed by atoms with Gasteiger partial charge in [-0.05, 0) is 17.7 Å². The molecular weight excluding hydrogens is 330 g/mol. The third kappa shape index (κ3) is 5.70. The van der Waals surface area contributed by atoms with E-state index in [-0.39, 0.29) is 6.54 Å². The summed E-state index contributed by atoms with van der Waals surface area (Å²) in [5.74, 6) is -2.12. The van der Waals surface area contributed by atoms with Crippen LogP contribution in [0, 0.1) is 0 Å². The zero-order chi connectivity index (χ0) is 15.1. The van der Waals surface area contributed by atoms with Crippen molar-refractivity contribution in [2.24, 2.45) is 5.73 Å². The summed E-state index contributed by atoms with van der Waals surface area (Å²) in [5, 5.41) is 13.5. The topological polar surface area (TPSA) is 122 Å². The van der Waals surface area contributed by atoms with Gasteiger partial charge in [-0.15, -0.1) is 0 Å². The molecule has 0 bridgehead atoms. The number of carbonyl (C=O) groups is 3. The number of benzene rings is 1. The number of hydrogen-bond donors (Lipinski definition) is 4. The molecule has 0 spiro atoms. The number of hydrogen-bond acceptors (Lipinski definition) is 3. The zero-order valence-corrected chi connectivity index (χ0v) is 12.0. The Balaban J connectivity index is 2.47. The lowest BCUT2D eigenvalue weighted by molar-refractivity contribution is -0.140. The van der Waals surface area contributed by atoms with Gasteiger partial charge in [-0.25, -0.2) is 9.59 Å². The second-order valence-electron chi connectivity index (χ2n) is 4.01. The van der Waals surface area contributed by atoms with Crippen molar-refractivity contribution in [2.45, 2.75) is 19.0 Å². The normalized spacial score (nSPS) is 11.4. The monoisotopic (exact) mass is 343 g/mol. The van der Waals surface area contributed by atoms with E-state index in [0.29, 0.717) is 0 Å². The Hall–Kier alpha value is -2.09. The summed E-state index contributed by atoms with van der Waals surface area (Å²) in [4.78, 5) is 33.0. The first-order valence-corrected chi connectivity index (χ1v) is 6.47. The van der Waals surface area contributed by atoms with Gasteiger partial charge in [-0.2, -0.15) is 0 Å². The maximum absolute atomic E-state index is 11.5. The largest absolute Gasteiger partial charge is 0.480 e. The van der Waals surface area contributed by atoms with E-state index in [0.717, 1.165) is 10.0 Å². The minimum atomic E-state index is -1.34. The lowest BCUT2D eigenvalue weighted by Gasteiger charge is -2.13. The predicted molar refractivity (Wildman–Crippen MR) is 74.7 cm³/mol. The third-order valence-corrected chi connectivity index (χ3v) is 2.90. The number of nitrogens with two attached hydrogens (primary N) is 1. The molecule has 0 aromatic heterocycles. The maximum atomic E-state index is 11.5. The number of rotatable bonds is 6. The van der Waals surface area contributed by atoms with Crippen molar-refractivity contribution in [3.05, 3.63) is 34.3 Å². The van der Waals surface area contributed by atoms with E-state index >= 15 is 0 Å². The lowest BCUT2D eigenvalue weighted by Crippen LogP contribution is -2.47. The average Bonchev–Trinajstić information content (AvgIpc) is 2.36. The molecule has 3 amide bonds. The molecule has 0 aliphatic carbocycles. The quantitative estimate of drug-likeness (QED) is 0.603. The average molecular weight is 344 g/mol. The first-order chi connectivity index (χ1) is 9.38. The van der Waals surface area contributed by atoms with Crippen LogP contribution >= 0.6 is 15.9 Å². The zero-order valence-electron chi connectivity index (χ0n) is 10.4. The highest BCUT2D eigenvalue weighted by molar-refractivity contribution is 9.10. The van der Waals surface area contributed by atoms with Crippen LogP contribution in [0.15, 0.2) is 28.7 Å². The number of urea groups is 1. The van der Waals surface area contributed by atoms with Crippen molar-refractivity contribution in [3.8, 4) is 0 Å². The van der Waals surface area contributed by atoms with E-state index in [1.165, 1.54) is 0 Å². The highest BCUT2D eigenvalue weighted by atomic mass is 79.9. The van der Waals surface area contributed by atoms with Crippen molar-refractivity contribution in [1.29, 1.82) is 0 Å². The molecule has 1 atom stereocenters. The second-order valence-corrected chi connectivity index (χ2v) is 4.93. The van der Waals surface area contributed by atoms with E-state index in [1.54, 1.807) is 0 Å². The lowest BCUT2D eigenvalue weighted by atomic mass is 10.2. The van der Waals surface area contributed by atoms with E-state index in [4.69, 9.17) is 10.8 Å². The van der Waals surface area contributed by atoms with Crippen LogP contribution in [-0.2, 0) is 16.1 Å². The van der Waals surface area contributed by atoms with E-state index in [9.17, 15) is 14.4 Å². The van der Waals surface area contributed by atoms with E-state index < -0.39 is 30.4 Å². The van der Waals surface area contributed by atoms with Crippen LogP contribution in [0.1, 0.15) is 12.0 Å². The summed E-state index contributed by atoms with van der Waals surface area (Å²) in [6.07, 6.45) is -0.457. The SMILES string of the molecule is NC(=O)C[C@H](NC(=O)NCc1ccc(Br)cc1)C(=O)O. The van der Waals surface area contributed by atoms with Gasteiger partial charge in [0, 0.05) is 11.0 Å². The van der Waals surface area contributed by atoms with Gasteiger partial charge < -0.3 is 21.5 Å². The van der Waals surface area contributed by atoms with Gasteiger partial charge in [0.2, 0.25) is 5.91 Å². The Morgan fingerprint density at radius 2 is 1.85 bits per heavy atom. The molecule has 0 aliphatic heterocycles. The van der Waals surface area contributed by atoms with Crippen molar-refractivity contribution in [3.63, 3.8) is 0 Å². The van der Waals surface area contributed by atoms with Gasteiger partial charge in [0.25, 0.3) is 0 Å². The van der Waals surface area contributed by atoms with Gasteiger partial charge in [0.1, 0.15) is 6.04 Å². The molecular formula is C12H14BrN3O4. The molecule has 1 rings (SSSR count). The van der Waals surface area contributed by atoms with Gasteiger partial charge >= 0.3 is 12.0 Å². The predicted octanol–water partition coefficient (Wildman–Crippen LogP) is 0.577. The molecule has 20 heavy (non-hydrogen) atoms. The summed E-state index contributed by atoms with van der Waals surface area (Å²) < 4.78 is 0.915. The Morgan fingerprint density at radius 1 is 1.25 bits per heavy atom. The highest BCUT2D eigenvalue weighted by Gasteiger charge is 2.21. The number of carbonyl (C=O) groups excluding carboxylic acids is 2. The van der Waals surface area contributed by atoms with Crippen LogP contribution in [0.5, 0.6) is 0 Å². The maximum Gasteiger partial charge on any atom is 0.326 e. The number of primary amides is 1. The molecule has 0 radical (unpaired) electrons. The highest BCUT2D eigenvalue weighted by Crippen LogP contribution is 2.10. The first kappa shape index (κ1) is 16.0. The minimum absolute atomic E-state index is 0.238. The number of nitrogens with one attached hydrogen (secondary N) is 2. The molecule has 5 N–H and O–H groups in total.